The van der Waals surface area contributed by atoms with Crippen molar-refractivity contribution in [3.63, 3.8) is 0 Å². The summed E-state index contributed by atoms with van der Waals surface area (Å²) in [5.41, 5.74) is 0. The molecule has 0 rings (SSSR count). The maximum atomic E-state index is 3.49. The van der Waals surface area contributed by atoms with E-state index in [2.05, 4.69) is 13.8 Å². The van der Waals surface area contributed by atoms with Gasteiger partial charge in [-0.05, 0) is 0 Å². The molecule has 0 aromatic carbocycles. The first-order valence-electron chi connectivity index (χ1n) is 2.41. The van der Waals surface area contributed by atoms with Crippen molar-refractivity contribution in [1.82, 2.24) is 0 Å². The summed E-state index contributed by atoms with van der Waals surface area (Å²) in [5.74, 6) is 0. The Balaban J connectivity index is -0.0000000160. The topological polar surface area (TPSA) is 31.5 Å². The van der Waals surface area contributed by atoms with Crippen molar-refractivity contribution in [2.24, 2.45) is 0 Å². The Labute approximate surface area is 72.0 Å². The van der Waals surface area contributed by atoms with Gasteiger partial charge in [0.25, 0.3) is 0 Å². The van der Waals surface area contributed by atoms with Crippen molar-refractivity contribution < 1.29 is 31.3 Å². The number of hydrogen-bond donors (Lipinski definition) is 0. The molecule has 0 aliphatic carbocycles. The standard InChI is InChI=1S/2C3H7.Hf.H2O/c2*1-3-2;;/h2*1,3H2,2H3;;1H2/q2*-1;;. The summed E-state index contributed by atoms with van der Waals surface area (Å²) in [6, 6.07) is 0. The van der Waals surface area contributed by atoms with Crippen molar-refractivity contribution in [1.29, 1.82) is 0 Å². The van der Waals surface area contributed by atoms with E-state index >= 15 is 0 Å². The average molecular weight is 283 g/mol. The van der Waals surface area contributed by atoms with Crippen LogP contribution in [0.15, 0.2) is 0 Å². The molecule has 0 heterocycles. The van der Waals surface area contributed by atoms with E-state index in [-0.39, 0.29) is 31.3 Å². The van der Waals surface area contributed by atoms with E-state index in [1.165, 1.54) is 0 Å². The van der Waals surface area contributed by atoms with Gasteiger partial charge in [0, 0.05) is 25.8 Å². The average Bonchev–Trinajstić information content (AvgIpc) is 1.39. The fraction of sp³-hybridized carbons (Fsp3) is 0.667. The van der Waals surface area contributed by atoms with E-state index in [1.54, 1.807) is 0 Å². The minimum absolute atomic E-state index is 0. The van der Waals surface area contributed by atoms with E-state index in [0.717, 1.165) is 12.8 Å². The maximum Gasteiger partial charge on any atom is 0 e. The van der Waals surface area contributed by atoms with Crippen LogP contribution < -0.4 is 0 Å². The maximum absolute atomic E-state index is 3.49. The molecule has 52 valence electrons. The second kappa shape index (κ2) is 45.6. The Morgan fingerprint density at radius 3 is 1.00 bits per heavy atom. The summed E-state index contributed by atoms with van der Waals surface area (Å²) in [6.45, 7) is 11.0. The zero-order chi connectivity index (χ0) is 5.41. The molecule has 2 N–H and O–H groups in total. The monoisotopic (exact) mass is 284 g/mol. The molecule has 0 saturated carbocycles. The Morgan fingerprint density at radius 1 is 1.00 bits per heavy atom. The second-order valence-corrected chi connectivity index (χ2v) is 1.000. The summed E-state index contributed by atoms with van der Waals surface area (Å²) >= 11 is 0. The van der Waals surface area contributed by atoms with E-state index in [0.29, 0.717) is 0 Å². The van der Waals surface area contributed by atoms with Gasteiger partial charge in [-0.2, -0.15) is 12.8 Å². The van der Waals surface area contributed by atoms with E-state index in [1.807, 2.05) is 13.8 Å². The Kier molecular flexibility index (Phi) is 132. The van der Waals surface area contributed by atoms with Gasteiger partial charge in [-0.3, -0.25) is 0 Å². The summed E-state index contributed by atoms with van der Waals surface area (Å²) < 4.78 is 0. The minimum atomic E-state index is 0. The molecule has 0 aromatic heterocycles. The first-order chi connectivity index (χ1) is 2.83. The van der Waals surface area contributed by atoms with Gasteiger partial charge < -0.3 is 19.3 Å². The van der Waals surface area contributed by atoms with Crippen LogP contribution in [-0.4, -0.2) is 5.48 Å². The molecular weight excluding hydrogens is 267 g/mol. The zero-order valence-electron chi connectivity index (χ0n) is 5.83. The fourth-order valence-electron chi connectivity index (χ4n) is 0. The van der Waals surface area contributed by atoms with Crippen molar-refractivity contribution in [2.75, 3.05) is 0 Å². The smallest absolute Gasteiger partial charge is 0 e. The second-order valence-electron chi connectivity index (χ2n) is 1.000. The molecule has 0 atom stereocenters. The van der Waals surface area contributed by atoms with Crippen LogP contribution in [0.4, 0.5) is 0 Å². The molecule has 8 heavy (non-hydrogen) atoms. The van der Waals surface area contributed by atoms with Crippen molar-refractivity contribution >= 4 is 0 Å². The van der Waals surface area contributed by atoms with Crippen LogP contribution in [0.5, 0.6) is 0 Å². The fourth-order valence-corrected chi connectivity index (χ4v) is 0. The largest absolute Gasteiger partial charge is 0.412 e. The minimum Gasteiger partial charge on any atom is -0.412 e. The van der Waals surface area contributed by atoms with Gasteiger partial charge in [0.1, 0.15) is 0 Å². The Hall–Kier alpha value is 0.830. The molecule has 0 aliphatic rings. The molecule has 0 unspecified atom stereocenters. The van der Waals surface area contributed by atoms with Gasteiger partial charge in [0.05, 0.1) is 0 Å². The summed E-state index contributed by atoms with van der Waals surface area (Å²) in [7, 11) is 0. The van der Waals surface area contributed by atoms with Gasteiger partial charge >= 0.3 is 0 Å². The first-order valence-corrected chi connectivity index (χ1v) is 2.41. The van der Waals surface area contributed by atoms with E-state index < -0.39 is 0 Å². The predicted molar refractivity (Wildman–Crippen MR) is 34.9 cm³/mol. The van der Waals surface area contributed by atoms with E-state index in [9.17, 15) is 0 Å². The van der Waals surface area contributed by atoms with Crippen molar-refractivity contribution in [2.45, 2.75) is 26.7 Å². The normalized spacial score (nSPS) is 4.50. The number of rotatable bonds is 0. The summed E-state index contributed by atoms with van der Waals surface area (Å²) in [5, 5.41) is 0. The molecular formula is C6H16HfO-2. The molecule has 2 heteroatoms. The molecule has 0 aromatic rings. The van der Waals surface area contributed by atoms with Crippen LogP contribution in [0.1, 0.15) is 26.7 Å². The molecule has 0 saturated heterocycles. The van der Waals surface area contributed by atoms with Gasteiger partial charge in [-0.1, -0.05) is 13.8 Å². The zero-order valence-corrected chi connectivity index (χ0v) is 9.42. The van der Waals surface area contributed by atoms with Crippen LogP contribution in [0.3, 0.4) is 0 Å². The predicted octanol–water partition coefficient (Wildman–Crippen LogP) is 1.63. The third-order valence-corrected chi connectivity index (χ3v) is 0. The van der Waals surface area contributed by atoms with Crippen LogP contribution in [-0.2, 0) is 25.8 Å². The summed E-state index contributed by atoms with van der Waals surface area (Å²) in [4.78, 5) is 0. The van der Waals surface area contributed by atoms with Crippen LogP contribution in [0.25, 0.3) is 0 Å². The molecule has 1 nitrogen and oxygen atoms in total. The quantitative estimate of drug-likeness (QED) is 0.478. The number of hydrogen-bond acceptors (Lipinski definition) is 0. The van der Waals surface area contributed by atoms with Gasteiger partial charge in [0.2, 0.25) is 0 Å². The SMILES string of the molecule is O.[CH2-]CC.[CH2-]CC.[Hf]. The molecule has 0 bridgehead atoms. The molecule has 0 aliphatic heterocycles. The Bertz CT molecular complexity index is 10.5. The van der Waals surface area contributed by atoms with Gasteiger partial charge in [-0.15, -0.1) is 0 Å². The van der Waals surface area contributed by atoms with Crippen LogP contribution >= 0.6 is 0 Å². The summed E-state index contributed by atoms with van der Waals surface area (Å²) in [6.07, 6.45) is 2.00. The Morgan fingerprint density at radius 2 is 1.00 bits per heavy atom. The van der Waals surface area contributed by atoms with Crippen LogP contribution in [0, 0.1) is 13.8 Å². The van der Waals surface area contributed by atoms with Crippen molar-refractivity contribution in [3.05, 3.63) is 13.8 Å². The molecule has 0 amide bonds. The van der Waals surface area contributed by atoms with Gasteiger partial charge in [-0.25, -0.2) is 0 Å². The van der Waals surface area contributed by atoms with Crippen molar-refractivity contribution in [3.8, 4) is 0 Å². The van der Waals surface area contributed by atoms with Gasteiger partial charge in [0.15, 0.2) is 0 Å². The molecule has 0 radical (unpaired) electrons. The molecule has 0 fully saturated rings. The third kappa shape index (κ3) is 337. The molecule has 0 spiro atoms. The first kappa shape index (κ1) is 23.2. The third-order valence-electron chi connectivity index (χ3n) is 0. The van der Waals surface area contributed by atoms with Crippen LogP contribution in [0.2, 0.25) is 0 Å². The van der Waals surface area contributed by atoms with E-state index in [4.69, 9.17) is 0 Å².